The molecule has 0 radical (unpaired) electrons. The van der Waals surface area contributed by atoms with E-state index in [9.17, 15) is 0 Å². The second-order valence-corrected chi connectivity index (χ2v) is 5.52. The summed E-state index contributed by atoms with van der Waals surface area (Å²) < 4.78 is 5.89. The van der Waals surface area contributed by atoms with Crippen molar-refractivity contribution in [2.24, 2.45) is 0 Å². The molecule has 2 atom stereocenters. The fourth-order valence-corrected chi connectivity index (χ4v) is 2.69. The molecule has 3 heteroatoms. The van der Waals surface area contributed by atoms with Crippen LogP contribution in [0, 0.1) is 0 Å². The van der Waals surface area contributed by atoms with Crippen LogP contribution in [0.5, 0.6) is 0 Å². The van der Waals surface area contributed by atoms with E-state index in [1.165, 1.54) is 12.0 Å². The summed E-state index contributed by atoms with van der Waals surface area (Å²) in [6, 6.07) is 10.7. The number of oxazole rings is 1. The van der Waals surface area contributed by atoms with Gasteiger partial charge in [-0.3, -0.25) is 0 Å². The summed E-state index contributed by atoms with van der Waals surface area (Å²) in [5, 5.41) is 3.37. The summed E-state index contributed by atoms with van der Waals surface area (Å²) in [6.45, 7) is 4.18. The van der Waals surface area contributed by atoms with E-state index < -0.39 is 0 Å². The molecule has 0 aliphatic heterocycles. The van der Waals surface area contributed by atoms with Gasteiger partial charge in [-0.15, -0.1) is 0 Å². The summed E-state index contributed by atoms with van der Waals surface area (Å²) in [7, 11) is 0. The van der Waals surface area contributed by atoms with Gasteiger partial charge in [-0.2, -0.15) is 0 Å². The molecule has 106 valence electrons. The first kappa shape index (κ1) is 13.4. The van der Waals surface area contributed by atoms with Gasteiger partial charge in [0, 0.05) is 18.9 Å². The third-order valence-corrected chi connectivity index (χ3v) is 3.90. The summed E-state index contributed by atoms with van der Waals surface area (Å²) in [5.74, 6) is 3.07. The van der Waals surface area contributed by atoms with Crippen molar-refractivity contribution >= 4 is 0 Å². The lowest BCUT2D eigenvalue weighted by atomic mass is 10.1. The van der Waals surface area contributed by atoms with Crippen molar-refractivity contribution in [1.82, 2.24) is 10.3 Å². The molecular weight excluding hydrogens is 248 g/mol. The molecule has 0 spiro atoms. The number of hydrogen-bond donors (Lipinski definition) is 1. The molecule has 2 aromatic rings. The molecule has 1 aromatic heterocycles. The molecule has 1 heterocycles. The number of nitrogens with zero attached hydrogens (tertiary/aromatic N) is 1. The quantitative estimate of drug-likeness (QED) is 0.783. The normalized spacial score (nSPS) is 21.1. The van der Waals surface area contributed by atoms with Crippen molar-refractivity contribution in [1.29, 1.82) is 0 Å². The Kier molecular flexibility index (Phi) is 4.16. The van der Waals surface area contributed by atoms with E-state index in [0.717, 1.165) is 37.6 Å². The lowest BCUT2D eigenvalue weighted by molar-refractivity contribution is 0.448. The standard InChI is InChI=1S/C17H22N2O/c1-2-9-18-10-8-17-19-12-16(20-17)15-11-14(15)13-6-4-3-5-7-13/h3-7,12,14-15,18H,2,8-11H2,1H3. The van der Waals surface area contributed by atoms with Crippen molar-refractivity contribution in [2.45, 2.75) is 38.0 Å². The van der Waals surface area contributed by atoms with Crippen LogP contribution in [0.3, 0.4) is 0 Å². The van der Waals surface area contributed by atoms with Crippen LogP contribution in [0.2, 0.25) is 0 Å². The minimum atomic E-state index is 0.530. The average Bonchev–Trinajstić information content (AvgIpc) is 3.16. The molecule has 3 rings (SSSR count). The van der Waals surface area contributed by atoms with Gasteiger partial charge < -0.3 is 9.73 Å². The maximum atomic E-state index is 5.89. The fraction of sp³-hybridized carbons (Fsp3) is 0.471. The van der Waals surface area contributed by atoms with Gasteiger partial charge in [0.25, 0.3) is 0 Å². The van der Waals surface area contributed by atoms with Crippen LogP contribution in [-0.2, 0) is 6.42 Å². The van der Waals surface area contributed by atoms with E-state index in [2.05, 4.69) is 47.6 Å². The first-order valence-electron chi connectivity index (χ1n) is 7.58. The summed E-state index contributed by atoms with van der Waals surface area (Å²) in [4.78, 5) is 4.40. The van der Waals surface area contributed by atoms with Crippen molar-refractivity contribution in [3.63, 3.8) is 0 Å². The minimum absolute atomic E-state index is 0.530. The van der Waals surface area contributed by atoms with Crippen LogP contribution < -0.4 is 5.32 Å². The first-order valence-corrected chi connectivity index (χ1v) is 7.58. The topological polar surface area (TPSA) is 38.1 Å². The number of hydrogen-bond acceptors (Lipinski definition) is 3. The predicted octanol–water partition coefficient (Wildman–Crippen LogP) is 3.49. The zero-order valence-corrected chi connectivity index (χ0v) is 12.0. The third-order valence-electron chi connectivity index (χ3n) is 3.90. The van der Waals surface area contributed by atoms with Gasteiger partial charge in [-0.05, 0) is 30.9 Å². The lowest BCUT2D eigenvalue weighted by Gasteiger charge is -1.99. The maximum Gasteiger partial charge on any atom is 0.195 e. The highest BCUT2D eigenvalue weighted by atomic mass is 16.4. The van der Waals surface area contributed by atoms with Crippen molar-refractivity contribution in [3.8, 4) is 0 Å². The number of aromatic nitrogens is 1. The Hall–Kier alpha value is -1.61. The van der Waals surface area contributed by atoms with Crippen LogP contribution in [0.4, 0.5) is 0 Å². The summed E-state index contributed by atoms with van der Waals surface area (Å²) in [6.07, 6.45) is 5.15. The first-order chi connectivity index (χ1) is 9.88. The summed E-state index contributed by atoms with van der Waals surface area (Å²) >= 11 is 0. The largest absolute Gasteiger partial charge is 0.445 e. The smallest absolute Gasteiger partial charge is 0.195 e. The molecule has 1 aliphatic carbocycles. The van der Waals surface area contributed by atoms with E-state index in [1.54, 1.807) is 0 Å². The predicted molar refractivity (Wildman–Crippen MR) is 79.9 cm³/mol. The minimum Gasteiger partial charge on any atom is -0.445 e. The Morgan fingerprint density at radius 2 is 2.05 bits per heavy atom. The monoisotopic (exact) mass is 270 g/mol. The fourth-order valence-electron chi connectivity index (χ4n) is 2.69. The van der Waals surface area contributed by atoms with Gasteiger partial charge in [0.05, 0.1) is 6.20 Å². The van der Waals surface area contributed by atoms with Gasteiger partial charge >= 0.3 is 0 Å². The maximum absolute atomic E-state index is 5.89. The Morgan fingerprint density at radius 3 is 2.85 bits per heavy atom. The van der Waals surface area contributed by atoms with Gasteiger partial charge in [0.2, 0.25) is 0 Å². The van der Waals surface area contributed by atoms with E-state index >= 15 is 0 Å². The lowest BCUT2D eigenvalue weighted by Crippen LogP contribution is -2.17. The Bertz CT molecular complexity index is 535. The van der Waals surface area contributed by atoms with E-state index in [4.69, 9.17) is 4.42 Å². The molecule has 1 aliphatic rings. The van der Waals surface area contributed by atoms with Crippen molar-refractivity contribution < 1.29 is 4.42 Å². The highest BCUT2D eigenvalue weighted by molar-refractivity contribution is 5.31. The zero-order valence-electron chi connectivity index (χ0n) is 12.0. The molecule has 0 bridgehead atoms. The molecular formula is C17H22N2O. The van der Waals surface area contributed by atoms with Crippen LogP contribution in [0.15, 0.2) is 40.9 Å². The van der Waals surface area contributed by atoms with Gasteiger partial charge in [0.1, 0.15) is 5.76 Å². The molecule has 1 saturated carbocycles. The van der Waals surface area contributed by atoms with Crippen LogP contribution in [0.25, 0.3) is 0 Å². The second kappa shape index (κ2) is 6.23. The van der Waals surface area contributed by atoms with Gasteiger partial charge in [0.15, 0.2) is 5.89 Å². The van der Waals surface area contributed by atoms with Crippen LogP contribution in [0.1, 0.15) is 48.8 Å². The summed E-state index contributed by atoms with van der Waals surface area (Å²) in [5.41, 5.74) is 1.42. The molecule has 1 N–H and O–H groups in total. The van der Waals surface area contributed by atoms with Crippen LogP contribution >= 0.6 is 0 Å². The molecule has 2 unspecified atom stereocenters. The van der Waals surface area contributed by atoms with Crippen molar-refractivity contribution in [3.05, 3.63) is 53.7 Å². The molecule has 20 heavy (non-hydrogen) atoms. The SMILES string of the molecule is CCCNCCc1ncc(C2CC2c2ccccc2)o1. The molecule has 1 fully saturated rings. The Morgan fingerprint density at radius 1 is 1.20 bits per heavy atom. The molecule has 0 amide bonds. The number of nitrogens with one attached hydrogen (secondary N) is 1. The van der Waals surface area contributed by atoms with E-state index in [1.807, 2.05) is 6.20 Å². The second-order valence-electron chi connectivity index (χ2n) is 5.52. The third kappa shape index (κ3) is 3.10. The number of benzene rings is 1. The molecule has 0 saturated heterocycles. The highest BCUT2D eigenvalue weighted by Gasteiger charge is 2.41. The highest BCUT2D eigenvalue weighted by Crippen LogP contribution is 2.54. The Balaban J connectivity index is 1.54. The Labute approximate surface area is 120 Å². The van der Waals surface area contributed by atoms with Gasteiger partial charge in [-0.1, -0.05) is 37.3 Å². The van der Waals surface area contributed by atoms with E-state index in [0.29, 0.717) is 11.8 Å². The average molecular weight is 270 g/mol. The zero-order chi connectivity index (χ0) is 13.8. The van der Waals surface area contributed by atoms with E-state index in [-0.39, 0.29) is 0 Å². The van der Waals surface area contributed by atoms with Crippen LogP contribution in [-0.4, -0.2) is 18.1 Å². The number of rotatable bonds is 7. The molecule has 1 aromatic carbocycles. The molecule has 3 nitrogen and oxygen atoms in total. The van der Waals surface area contributed by atoms with Gasteiger partial charge in [-0.25, -0.2) is 4.98 Å². The van der Waals surface area contributed by atoms with Crippen molar-refractivity contribution in [2.75, 3.05) is 13.1 Å².